The number of nitrogens with two attached hydrogens (primary N) is 1. The van der Waals surface area contributed by atoms with Crippen molar-refractivity contribution in [1.82, 2.24) is 0 Å². The normalized spacial score (nSPS) is 11.1. The van der Waals surface area contributed by atoms with Crippen LogP contribution in [0.2, 0.25) is 0 Å². The van der Waals surface area contributed by atoms with Gasteiger partial charge in [0.2, 0.25) is 0 Å². The second-order valence-electron chi connectivity index (χ2n) is 4.95. The molecule has 25 heavy (non-hydrogen) atoms. The van der Waals surface area contributed by atoms with E-state index in [1.54, 1.807) is 24.3 Å². The lowest BCUT2D eigenvalue weighted by Crippen LogP contribution is -2.18. The fraction of sp³-hybridized carbons (Fsp3) is 0.294. The van der Waals surface area contributed by atoms with E-state index in [0.29, 0.717) is 22.6 Å². The molecule has 0 heterocycles. The highest BCUT2D eigenvalue weighted by Crippen LogP contribution is 2.38. The molecule has 0 unspecified atom stereocenters. The Morgan fingerprint density at radius 2 is 1.52 bits per heavy atom. The van der Waals surface area contributed by atoms with Crippen molar-refractivity contribution in [3.63, 3.8) is 0 Å². The van der Waals surface area contributed by atoms with Gasteiger partial charge < -0.3 is 24.7 Å². The molecule has 0 saturated heterocycles. The molecule has 0 atom stereocenters. The molecule has 0 aliphatic carbocycles. The molecule has 2 N–H and O–H groups in total. The lowest BCUT2D eigenvalue weighted by molar-refractivity contribution is -0.275. The Kier molecular flexibility index (Phi) is 5.97. The lowest BCUT2D eigenvalue weighted by atomic mass is 10.0. The van der Waals surface area contributed by atoms with E-state index in [0.717, 1.165) is 0 Å². The minimum absolute atomic E-state index is 0.0404. The molecule has 0 radical (unpaired) electrons. The van der Waals surface area contributed by atoms with Gasteiger partial charge in [0.1, 0.15) is 18.1 Å². The summed E-state index contributed by atoms with van der Waals surface area (Å²) >= 11 is 0. The van der Waals surface area contributed by atoms with Gasteiger partial charge in [-0.25, -0.2) is 0 Å². The number of rotatable bonds is 7. The van der Waals surface area contributed by atoms with Crippen LogP contribution in [0.25, 0.3) is 11.1 Å². The maximum absolute atomic E-state index is 12.7. The van der Waals surface area contributed by atoms with Crippen molar-refractivity contribution in [3.8, 4) is 34.1 Å². The maximum Gasteiger partial charge on any atom is 0.573 e. The Labute approximate surface area is 143 Å². The molecule has 0 amide bonds. The van der Waals surface area contributed by atoms with Crippen molar-refractivity contribution in [2.75, 3.05) is 27.4 Å². The monoisotopic (exact) mass is 357 g/mol. The molecule has 2 rings (SSSR count). The van der Waals surface area contributed by atoms with E-state index in [-0.39, 0.29) is 18.9 Å². The van der Waals surface area contributed by atoms with E-state index < -0.39 is 12.1 Å². The molecular weight excluding hydrogens is 339 g/mol. The number of alkyl halides is 3. The van der Waals surface area contributed by atoms with Gasteiger partial charge in [0.25, 0.3) is 0 Å². The largest absolute Gasteiger partial charge is 0.573 e. The molecule has 136 valence electrons. The van der Waals surface area contributed by atoms with Crippen molar-refractivity contribution in [3.05, 3.63) is 36.4 Å². The average molecular weight is 357 g/mol. The Bertz CT molecular complexity index is 697. The lowest BCUT2D eigenvalue weighted by Gasteiger charge is -2.16. The first-order valence-electron chi connectivity index (χ1n) is 7.32. The second-order valence-corrected chi connectivity index (χ2v) is 4.95. The predicted molar refractivity (Wildman–Crippen MR) is 86.2 cm³/mol. The Morgan fingerprint density at radius 3 is 2.04 bits per heavy atom. The maximum atomic E-state index is 12.7. The molecule has 2 aromatic rings. The summed E-state index contributed by atoms with van der Waals surface area (Å²) < 4.78 is 57.7. The van der Waals surface area contributed by atoms with E-state index in [1.807, 2.05) is 0 Å². The number of halogens is 3. The van der Waals surface area contributed by atoms with E-state index in [1.165, 1.54) is 26.4 Å². The molecule has 0 saturated carbocycles. The van der Waals surface area contributed by atoms with Crippen LogP contribution < -0.4 is 24.7 Å². The number of hydrogen-bond acceptors (Lipinski definition) is 5. The fourth-order valence-corrected chi connectivity index (χ4v) is 2.15. The minimum atomic E-state index is -4.84. The third-order valence-corrected chi connectivity index (χ3v) is 3.23. The molecule has 0 bridgehead atoms. The third kappa shape index (κ3) is 5.18. The number of methoxy groups -OCH3 is 2. The summed E-state index contributed by atoms with van der Waals surface area (Å²) in [6.45, 7) is 0.237. The highest BCUT2D eigenvalue weighted by molar-refractivity contribution is 5.70. The topological polar surface area (TPSA) is 62.9 Å². The van der Waals surface area contributed by atoms with E-state index >= 15 is 0 Å². The van der Waals surface area contributed by atoms with Gasteiger partial charge in [-0.1, -0.05) is 6.07 Å². The molecular formula is C17H18F3NO4. The summed E-state index contributed by atoms with van der Waals surface area (Å²) in [5.74, 6) is 0.536. The van der Waals surface area contributed by atoms with Gasteiger partial charge in [-0.05, 0) is 35.4 Å². The van der Waals surface area contributed by atoms with Gasteiger partial charge in [-0.2, -0.15) is 0 Å². The van der Waals surface area contributed by atoms with Crippen LogP contribution in [0, 0.1) is 0 Å². The van der Waals surface area contributed by atoms with Crippen LogP contribution in [0.1, 0.15) is 0 Å². The van der Waals surface area contributed by atoms with Crippen molar-refractivity contribution >= 4 is 0 Å². The average Bonchev–Trinajstić information content (AvgIpc) is 2.58. The highest BCUT2D eigenvalue weighted by atomic mass is 19.4. The van der Waals surface area contributed by atoms with Gasteiger partial charge >= 0.3 is 6.36 Å². The summed E-state index contributed by atoms with van der Waals surface area (Å²) in [6, 6.07) is 9.27. The summed E-state index contributed by atoms with van der Waals surface area (Å²) in [4.78, 5) is 0. The molecule has 0 spiro atoms. The molecule has 5 nitrogen and oxygen atoms in total. The summed E-state index contributed by atoms with van der Waals surface area (Å²) in [7, 11) is 2.97. The van der Waals surface area contributed by atoms with E-state index in [4.69, 9.17) is 19.9 Å². The van der Waals surface area contributed by atoms with Crippen molar-refractivity contribution in [1.29, 1.82) is 0 Å². The number of hydrogen-bond donors (Lipinski definition) is 1. The van der Waals surface area contributed by atoms with Gasteiger partial charge in [-0.15, -0.1) is 13.2 Å². The Balaban J connectivity index is 2.46. The zero-order chi connectivity index (χ0) is 18.4. The molecule has 0 aliphatic rings. The van der Waals surface area contributed by atoms with Gasteiger partial charge in [0.05, 0.1) is 14.2 Å². The van der Waals surface area contributed by atoms with Crippen LogP contribution in [-0.4, -0.2) is 33.7 Å². The van der Waals surface area contributed by atoms with Gasteiger partial charge in [0.15, 0.2) is 11.5 Å². The molecule has 0 fully saturated rings. The van der Waals surface area contributed by atoms with Gasteiger partial charge in [-0.3, -0.25) is 0 Å². The standard InChI is InChI=1S/C17H18F3NO4/c1-22-13-7-12(8-14(10-13)23-2)11-3-4-15(24-6-5-21)16(9-11)25-17(18,19)20/h3-4,7-10H,5-6,21H2,1-2H3. The van der Waals surface area contributed by atoms with Crippen LogP contribution in [0.5, 0.6) is 23.0 Å². The molecule has 0 aromatic heterocycles. The van der Waals surface area contributed by atoms with Gasteiger partial charge in [0, 0.05) is 12.6 Å². The van der Waals surface area contributed by atoms with Crippen LogP contribution >= 0.6 is 0 Å². The molecule has 0 aliphatic heterocycles. The SMILES string of the molecule is COc1cc(OC)cc(-c2ccc(OCCN)c(OC(F)(F)F)c2)c1. The number of ether oxygens (including phenoxy) is 4. The zero-order valence-corrected chi connectivity index (χ0v) is 13.7. The summed E-state index contributed by atoms with van der Waals surface area (Å²) in [5, 5.41) is 0. The third-order valence-electron chi connectivity index (χ3n) is 3.23. The second kappa shape index (κ2) is 7.98. The number of benzene rings is 2. The van der Waals surface area contributed by atoms with Crippen LogP contribution in [-0.2, 0) is 0 Å². The highest BCUT2D eigenvalue weighted by Gasteiger charge is 2.32. The first-order valence-corrected chi connectivity index (χ1v) is 7.32. The molecule has 2 aromatic carbocycles. The predicted octanol–water partition coefficient (Wildman–Crippen LogP) is 3.61. The molecule has 8 heteroatoms. The Hall–Kier alpha value is -2.61. The van der Waals surface area contributed by atoms with Crippen molar-refractivity contribution in [2.24, 2.45) is 5.73 Å². The van der Waals surface area contributed by atoms with Crippen molar-refractivity contribution < 1.29 is 32.1 Å². The summed E-state index contributed by atoms with van der Waals surface area (Å²) in [6.07, 6.45) is -4.84. The Morgan fingerprint density at radius 1 is 0.880 bits per heavy atom. The van der Waals surface area contributed by atoms with Crippen molar-refractivity contribution in [2.45, 2.75) is 6.36 Å². The first kappa shape index (κ1) is 18.7. The van der Waals surface area contributed by atoms with Crippen LogP contribution in [0.15, 0.2) is 36.4 Å². The first-order chi connectivity index (χ1) is 11.9. The fourth-order valence-electron chi connectivity index (χ4n) is 2.15. The van der Waals surface area contributed by atoms with E-state index in [2.05, 4.69) is 4.74 Å². The zero-order valence-electron chi connectivity index (χ0n) is 13.7. The minimum Gasteiger partial charge on any atom is -0.497 e. The summed E-state index contributed by atoms with van der Waals surface area (Å²) in [5.41, 5.74) is 6.41. The smallest absolute Gasteiger partial charge is 0.497 e. The van der Waals surface area contributed by atoms with Crippen LogP contribution in [0.4, 0.5) is 13.2 Å². The van der Waals surface area contributed by atoms with E-state index in [9.17, 15) is 13.2 Å². The quantitative estimate of drug-likeness (QED) is 0.820. The van der Waals surface area contributed by atoms with Crippen LogP contribution in [0.3, 0.4) is 0 Å².